The Morgan fingerprint density at radius 2 is 1.48 bits per heavy atom. The first kappa shape index (κ1) is 24.0. The van der Waals surface area contributed by atoms with Crippen molar-refractivity contribution >= 4 is 10.8 Å². The molecule has 0 saturated heterocycles. The second-order valence-electron chi connectivity index (χ2n) is 10.5. The van der Waals surface area contributed by atoms with E-state index in [1.54, 1.807) is 12.1 Å². The van der Waals surface area contributed by atoms with E-state index in [-0.39, 0.29) is 5.82 Å². The Morgan fingerprint density at radius 1 is 0.818 bits per heavy atom. The number of benzene rings is 2. The van der Waals surface area contributed by atoms with E-state index in [4.69, 9.17) is 4.74 Å². The minimum absolute atomic E-state index is 0.269. The van der Waals surface area contributed by atoms with Crippen LogP contribution in [0.4, 0.5) is 4.39 Å². The van der Waals surface area contributed by atoms with Crippen LogP contribution in [0.3, 0.4) is 0 Å². The van der Waals surface area contributed by atoms with E-state index in [1.165, 1.54) is 76.2 Å². The fraction of sp³-hybridized carbons (Fsp3) is 0.548. The van der Waals surface area contributed by atoms with Gasteiger partial charge >= 0.3 is 0 Å². The SMILES string of the molecule is C=CCCC1CCC(C2CCC(CCc3ccc4c(F)c(OCC=C)ccc4c3)CC2)CC1. The minimum atomic E-state index is -0.269. The molecule has 0 aromatic heterocycles. The summed E-state index contributed by atoms with van der Waals surface area (Å²) in [4.78, 5) is 0. The summed E-state index contributed by atoms with van der Waals surface area (Å²) >= 11 is 0. The molecule has 178 valence electrons. The fourth-order valence-electron chi connectivity index (χ4n) is 6.36. The van der Waals surface area contributed by atoms with Gasteiger partial charge in [0.2, 0.25) is 0 Å². The average molecular weight is 449 g/mol. The topological polar surface area (TPSA) is 9.23 Å². The lowest BCUT2D eigenvalue weighted by atomic mass is 9.68. The number of allylic oxidation sites excluding steroid dienone is 1. The highest BCUT2D eigenvalue weighted by Crippen LogP contribution is 2.43. The van der Waals surface area contributed by atoms with Crippen LogP contribution in [0.25, 0.3) is 10.8 Å². The van der Waals surface area contributed by atoms with Crippen molar-refractivity contribution in [1.82, 2.24) is 0 Å². The molecule has 2 aliphatic carbocycles. The third-order valence-corrected chi connectivity index (χ3v) is 8.41. The Hall–Kier alpha value is -2.09. The molecule has 2 saturated carbocycles. The monoisotopic (exact) mass is 448 g/mol. The summed E-state index contributed by atoms with van der Waals surface area (Å²) in [5.74, 6) is 3.81. The first-order valence-corrected chi connectivity index (χ1v) is 13.2. The second-order valence-corrected chi connectivity index (χ2v) is 10.5. The maximum Gasteiger partial charge on any atom is 0.172 e. The van der Waals surface area contributed by atoms with Crippen LogP contribution >= 0.6 is 0 Å². The van der Waals surface area contributed by atoms with Gasteiger partial charge in [-0.2, -0.15) is 0 Å². The van der Waals surface area contributed by atoms with Gasteiger partial charge in [-0.15, -0.1) is 6.58 Å². The molecule has 0 N–H and O–H groups in total. The number of rotatable bonds is 10. The highest BCUT2D eigenvalue weighted by atomic mass is 19.1. The number of hydrogen-bond acceptors (Lipinski definition) is 1. The molecule has 0 spiro atoms. The van der Waals surface area contributed by atoms with Gasteiger partial charge in [-0.1, -0.05) is 68.7 Å². The third kappa shape index (κ3) is 6.28. The number of hydrogen-bond donors (Lipinski definition) is 0. The van der Waals surface area contributed by atoms with Gasteiger partial charge in [-0.3, -0.25) is 0 Å². The van der Waals surface area contributed by atoms with Gasteiger partial charge in [0.15, 0.2) is 11.6 Å². The van der Waals surface area contributed by atoms with E-state index < -0.39 is 0 Å². The van der Waals surface area contributed by atoms with Crippen molar-refractivity contribution in [1.29, 1.82) is 0 Å². The largest absolute Gasteiger partial charge is 0.486 e. The molecular formula is C31H41FO. The predicted octanol–water partition coefficient (Wildman–Crippen LogP) is 9.06. The normalized spacial score (nSPS) is 25.6. The number of fused-ring (bicyclic) bond motifs is 1. The lowest BCUT2D eigenvalue weighted by Crippen LogP contribution is -2.26. The van der Waals surface area contributed by atoms with Crippen molar-refractivity contribution in [2.45, 2.75) is 77.0 Å². The Kier molecular flexibility index (Phi) is 8.64. The Labute approximate surface area is 200 Å². The van der Waals surface area contributed by atoms with E-state index in [2.05, 4.69) is 31.4 Å². The van der Waals surface area contributed by atoms with Crippen LogP contribution in [0.2, 0.25) is 0 Å². The number of ether oxygens (including phenoxy) is 1. The Morgan fingerprint density at radius 3 is 2.12 bits per heavy atom. The smallest absolute Gasteiger partial charge is 0.172 e. The van der Waals surface area contributed by atoms with Crippen LogP contribution in [0.1, 0.15) is 76.2 Å². The Balaban J connectivity index is 1.23. The summed E-state index contributed by atoms with van der Waals surface area (Å²) in [5, 5.41) is 1.60. The van der Waals surface area contributed by atoms with Crippen LogP contribution in [0.15, 0.2) is 55.6 Å². The van der Waals surface area contributed by atoms with Gasteiger partial charge in [-0.25, -0.2) is 4.39 Å². The van der Waals surface area contributed by atoms with E-state index >= 15 is 0 Å². The molecule has 0 atom stereocenters. The molecule has 1 nitrogen and oxygen atoms in total. The summed E-state index contributed by atoms with van der Waals surface area (Å²) in [7, 11) is 0. The van der Waals surface area contributed by atoms with Crippen LogP contribution in [-0.4, -0.2) is 6.61 Å². The number of halogens is 1. The van der Waals surface area contributed by atoms with E-state index in [1.807, 2.05) is 12.1 Å². The maximum absolute atomic E-state index is 14.7. The standard InChI is InChI=1S/C31H41FO/c1-3-5-6-23-9-14-26(15-10-23)27-16-11-24(12-17-27)7-8-25-13-19-29-28(22-25)18-20-30(31(29)32)33-21-4-2/h3-4,13,18-20,22-24,26-27H,1-2,5-12,14-17,21H2. The van der Waals surface area contributed by atoms with Crippen LogP contribution in [0, 0.1) is 29.5 Å². The van der Waals surface area contributed by atoms with E-state index in [0.29, 0.717) is 17.7 Å². The van der Waals surface area contributed by atoms with Gasteiger partial charge in [0.1, 0.15) is 6.61 Å². The van der Waals surface area contributed by atoms with Crippen LogP contribution < -0.4 is 4.74 Å². The molecule has 0 unspecified atom stereocenters. The van der Waals surface area contributed by atoms with Crippen molar-refractivity contribution in [2.24, 2.45) is 23.7 Å². The first-order chi connectivity index (χ1) is 16.2. The molecule has 0 heterocycles. The summed E-state index contributed by atoms with van der Waals surface area (Å²) in [6, 6.07) is 9.88. The first-order valence-electron chi connectivity index (χ1n) is 13.2. The summed E-state index contributed by atoms with van der Waals surface area (Å²) in [6.45, 7) is 7.83. The predicted molar refractivity (Wildman–Crippen MR) is 138 cm³/mol. The zero-order valence-electron chi connectivity index (χ0n) is 20.2. The molecule has 4 rings (SSSR count). The highest BCUT2D eigenvalue weighted by Gasteiger charge is 2.30. The Bertz CT molecular complexity index is 916. The molecule has 0 amide bonds. The fourth-order valence-corrected chi connectivity index (χ4v) is 6.36. The average Bonchev–Trinajstić information content (AvgIpc) is 2.86. The molecule has 0 bridgehead atoms. The summed E-state index contributed by atoms with van der Waals surface area (Å²) < 4.78 is 20.1. The van der Waals surface area contributed by atoms with E-state index in [0.717, 1.165) is 35.5 Å². The summed E-state index contributed by atoms with van der Waals surface area (Å²) in [5.41, 5.74) is 1.32. The molecule has 0 aliphatic heterocycles. The molecule has 2 fully saturated rings. The van der Waals surface area contributed by atoms with Gasteiger partial charge in [0.05, 0.1) is 0 Å². The third-order valence-electron chi connectivity index (χ3n) is 8.41. The molecule has 2 aromatic rings. The lowest BCUT2D eigenvalue weighted by Gasteiger charge is -2.38. The quantitative estimate of drug-likeness (QED) is 0.329. The van der Waals surface area contributed by atoms with Crippen molar-refractivity contribution in [2.75, 3.05) is 6.61 Å². The van der Waals surface area contributed by atoms with Crippen LogP contribution in [0.5, 0.6) is 5.75 Å². The zero-order valence-corrected chi connectivity index (χ0v) is 20.2. The maximum atomic E-state index is 14.7. The van der Waals surface area contributed by atoms with Gasteiger partial charge in [0.25, 0.3) is 0 Å². The highest BCUT2D eigenvalue weighted by molar-refractivity contribution is 5.85. The second kappa shape index (κ2) is 11.9. The molecule has 2 aliphatic rings. The van der Waals surface area contributed by atoms with Crippen molar-refractivity contribution in [3.63, 3.8) is 0 Å². The van der Waals surface area contributed by atoms with Crippen molar-refractivity contribution < 1.29 is 9.13 Å². The molecule has 2 aromatic carbocycles. The van der Waals surface area contributed by atoms with E-state index in [9.17, 15) is 4.39 Å². The van der Waals surface area contributed by atoms with Gasteiger partial charge in [-0.05, 0) is 92.1 Å². The zero-order chi connectivity index (χ0) is 23.0. The summed E-state index contributed by atoms with van der Waals surface area (Å²) in [6.07, 6.45) is 20.1. The molecule has 33 heavy (non-hydrogen) atoms. The number of aryl methyl sites for hydroxylation is 1. The lowest BCUT2D eigenvalue weighted by molar-refractivity contribution is 0.141. The van der Waals surface area contributed by atoms with Gasteiger partial charge < -0.3 is 4.74 Å². The van der Waals surface area contributed by atoms with Crippen LogP contribution in [-0.2, 0) is 6.42 Å². The van der Waals surface area contributed by atoms with Crippen molar-refractivity contribution in [3.05, 3.63) is 67.0 Å². The minimum Gasteiger partial charge on any atom is -0.486 e. The molecule has 0 radical (unpaired) electrons. The van der Waals surface area contributed by atoms with Gasteiger partial charge in [0, 0.05) is 5.39 Å². The van der Waals surface area contributed by atoms with Crippen molar-refractivity contribution in [3.8, 4) is 5.75 Å². The molecular weight excluding hydrogens is 407 g/mol. The molecule has 2 heteroatoms.